The van der Waals surface area contributed by atoms with Gasteiger partial charge in [-0.1, -0.05) is 108 Å². The summed E-state index contributed by atoms with van der Waals surface area (Å²) >= 11 is 12.6. The Kier molecular flexibility index (Phi) is 11.9. The van der Waals surface area contributed by atoms with Crippen molar-refractivity contribution in [3.8, 4) is 0 Å². The van der Waals surface area contributed by atoms with Crippen LogP contribution >= 0.6 is 23.2 Å². The van der Waals surface area contributed by atoms with Crippen LogP contribution in [-0.4, -0.2) is 43.8 Å². The molecule has 0 fully saturated rings. The number of benzene rings is 4. The van der Waals surface area contributed by atoms with Gasteiger partial charge in [0.2, 0.25) is 11.8 Å². The molecule has 0 aliphatic carbocycles. The molecule has 4 aromatic carbocycles. The van der Waals surface area contributed by atoms with Crippen molar-refractivity contribution in [2.75, 3.05) is 10.8 Å². The number of anilines is 1. The summed E-state index contributed by atoms with van der Waals surface area (Å²) in [5.74, 6) is -0.884. The van der Waals surface area contributed by atoms with Crippen LogP contribution in [0.25, 0.3) is 0 Å². The summed E-state index contributed by atoms with van der Waals surface area (Å²) in [6, 6.07) is 26.8. The molecule has 4 aromatic rings. The van der Waals surface area contributed by atoms with E-state index in [-0.39, 0.29) is 45.5 Å². The first-order chi connectivity index (χ1) is 21.9. The van der Waals surface area contributed by atoms with Gasteiger partial charge in [-0.25, -0.2) is 8.42 Å². The van der Waals surface area contributed by atoms with Gasteiger partial charge in [0.1, 0.15) is 12.6 Å². The van der Waals surface area contributed by atoms with Crippen molar-refractivity contribution in [2.45, 2.75) is 64.1 Å². The number of nitrogens with one attached hydrogen (secondary N) is 1. The molecule has 0 spiro atoms. The Labute approximate surface area is 282 Å². The number of hydrogen-bond acceptors (Lipinski definition) is 4. The van der Waals surface area contributed by atoms with E-state index < -0.39 is 28.5 Å². The molecule has 2 amide bonds. The van der Waals surface area contributed by atoms with E-state index in [0.717, 1.165) is 26.6 Å². The number of carbonyl (C=O) groups excluding carboxylic acids is 2. The van der Waals surface area contributed by atoms with E-state index in [4.69, 9.17) is 23.2 Å². The van der Waals surface area contributed by atoms with Gasteiger partial charge in [-0.05, 0) is 68.7 Å². The summed E-state index contributed by atoms with van der Waals surface area (Å²) in [5, 5.41) is 3.47. The van der Waals surface area contributed by atoms with Gasteiger partial charge in [0, 0.05) is 29.1 Å². The molecule has 2 atom stereocenters. The minimum Gasteiger partial charge on any atom is -0.352 e. The number of sulfonamides is 1. The third-order valence-electron chi connectivity index (χ3n) is 7.77. The van der Waals surface area contributed by atoms with Crippen molar-refractivity contribution < 1.29 is 18.0 Å². The van der Waals surface area contributed by atoms with Crippen LogP contribution in [-0.2, 0) is 32.6 Å². The second-order valence-electron chi connectivity index (χ2n) is 11.5. The Balaban J connectivity index is 1.83. The fourth-order valence-corrected chi connectivity index (χ4v) is 6.85. The summed E-state index contributed by atoms with van der Waals surface area (Å²) in [6.45, 7) is 7.18. The predicted octanol–water partition coefficient (Wildman–Crippen LogP) is 7.36. The highest BCUT2D eigenvalue weighted by Crippen LogP contribution is 2.30. The molecule has 0 unspecified atom stereocenters. The largest absolute Gasteiger partial charge is 0.352 e. The maximum Gasteiger partial charge on any atom is 0.264 e. The van der Waals surface area contributed by atoms with Crippen LogP contribution in [0.3, 0.4) is 0 Å². The predicted molar refractivity (Wildman–Crippen MR) is 186 cm³/mol. The van der Waals surface area contributed by atoms with E-state index in [2.05, 4.69) is 5.32 Å². The lowest BCUT2D eigenvalue weighted by Crippen LogP contribution is -2.54. The van der Waals surface area contributed by atoms with E-state index >= 15 is 0 Å². The average Bonchev–Trinajstić information content (AvgIpc) is 3.02. The van der Waals surface area contributed by atoms with Crippen LogP contribution in [0.1, 0.15) is 42.5 Å². The van der Waals surface area contributed by atoms with Crippen molar-refractivity contribution in [3.05, 3.63) is 129 Å². The third kappa shape index (κ3) is 9.12. The van der Waals surface area contributed by atoms with Gasteiger partial charge in [0.05, 0.1) is 10.6 Å². The molecule has 0 heterocycles. The standard InChI is InChI=1S/C36H39Cl2N3O4S/c1-5-27(4)39-36(43)34(19-28-9-7-6-8-10-28)40(23-29-15-11-25(2)12-16-29)35(42)24-41(32-21-30(37)20-31(38)22-32)46(44,45)33-17-13-26(3)14-18-33/h6-18,20-22,27,34H,5,19,23-24H2,1-4H3,(H,39,43)/t27-,34+/m0/s1. The fourth-order valence-electron chi connectivity index (χ4n) is 4.93. The van der Waals surface area contributed by atoms with Crippen LogP contribution in [0.4, 0.5) is 5.69 Å². The minimum atomic E-state index is -4.27. The molecule has 0 saturated heterocycles. The maximum absolute atomic E-state index is 14.6. The molecule has 0 aliphatic rings. The second-order valence-corrected chi connectivity index (χ2v) is 14.2. The Hall–Kier alpha value is -3.85. The van der Waals surface area contributed by atoms with Gasteiger partial charge >= 0.3 is 0 Å². The van der Waals surface area contributed by atoms with Crippen molar-refractivity contribution in [1.82, 2.24) is 10.2 Å². The molecule has 0 bridgehead atoms. The second kappa shape index (κ2) is 15.6. The SMILES string of the molecule is CC[C@H](C)NC(=O)[C@@H](Cc1ccccc1)N(Cc1ccc(C)cc1)C(=O)CN(c1cc(Cl)cc(Cl)c1)S(=O)(=O)c1ccc(C)cc1. The average molecular weight is 681 g/mol. The van der Waals surface area contributed by atoms with E-state index in [9.17, 15) is 18.0 Å². The molecular formula is C36H39Cl2N3O4S. The van der Waals surface area contributed by atoms with Gasteiger partial charge < -0.3 is 10.2 Å². The molecule has 0 radical (unpaired) electrons. The topological polar surface area (TPSA) is 86.8 Å². The Bertz CT molecular complexity index is 1730. The van der Waals surface area contributed by atoms with E-state index in [1.54, 1.807) is 12.1 Å². The maximum atomic E-state index is 14.6. The summed E-state index contributed by atoms with van der Waals surface area (Å²) < 4.78 is 29.4. The van der Waals surface area contributed by atoms with Crippen LogP contribution in [0.2, 0.25) is 10.0 Å². The van der Waals surface area contributed by atoms with Gasteiger partial charge in [-0.15, -0.1) is 0 Å². The van der Waals surface area contributed by atoms with Crippen molar-refractivity contribution in [2.24, 2.45) is 0 Å². The number of hydrogen-bond donors (Lipinski definition) is 1. The first-order valence-corrected chi connectivity index (χ1v) is 17.3. The zero-order valence-electron chi connectivity index (χ0n) is 26.4. The van der Waals surface area contributed by atoms with E-state index in [0.29, 0.717) is 6.42 Å². The molecule has 1 N–H and O–H groups in total. The van der Waals surface area contributed by atoms with Crippen LogP contribution < -0.4 is 9.62 Å². The summed E-state index contributed by atoms with van der Waals surface area (Å²) in [7, 11) is -4.27. The molecular weight excluding hydrogens is 641 g/mol. The summed E-state index contributed by atoms with van der Waals surface area (Å²) in [6.07, 6.45) is 0.933. The van der Waals surface area contributed by atoms with Crippen LogP contribution in [0, 0.1) is 13.8 Å². The number of aryl methyl sites for hydroxylation is 2. The number of carbonyl (C=O) groups is 2. The quantitative estimate of drug-likeness (QED) is 0.160. The van der Waals surface area contributed by atoms with Gasteiger partial charge in [-0.3, -0.25) is 13.9 Å². The summed E-state index contributed by atoms with van der Waals surface area (Å²) in [5.41, 5.74) is 3.72. The highest BCUT2D eigenvalue weighted by Gasteiger charge is 2.35. The molecule has 242 valence electrons. The van der Waals surface area contributed by atoms with Gasteiger partial charge in [-0.2, -0.15) is 0 Å². The minimum absolute atomic E-state index is 0.00225. The smallest absolute Gasteiger partial charge is 0.264 e. The molecule has 4 rings (SSSR count). The zero-order valence-corrected chi connectivity index (χ0v) is 28.7. The Morgan fingerprint density at radius 2 is 1.37 bits per heavy atom. The van der Waals surface area contributed by atoms with Crippen molar-refractivity contribution in [3.63, 3.8) is 0 Å². The molecule has 0 aliphatic heterocycles. The fraction of sp³-hybridized carbons (Fsp3) is 0.278. The molecule has 7 nitrogen and oxygen atoms in total. The molecule has 46 heavy (non-hydrogen) atoms. The lowest BCUT2D eigenvalue weighted by Gasteiger charge is -2.34. The van der Waals surface area contributed by atoms with Gasteiger partial charge in [0.25, 0.3) is 10.0 Å². The summed E-state index contributed by atoms with van der Waals surface area (Å²) in [4.78, 5) is 30.0. The van der Waals surface area contributed by atoms with Crippen LogP contribution in [0.5, 0.6) is 0 Å². The van der Waals surface area contributed by atoms with Gasteiger partial charge in [0.15, 0.2) is 0 Å². The third-order valence-corrected chi connectivity index (χ3v) is 9.99. The lowest BCUT2D eigenvalue weighted by molar-refractivity contribution is -0.140. The first kappa shape index (κ1) is 35.0. The monoisotopic (exact) mass is 679 g/mol. The number of halogens is 2. The normalized spacial score (nSPS) is 12.7. The molecule has 0 saturated carbocycles. The highest BCUT2D eigenvalue weighted by atomic mass is 35.5. The first-order valence-electron chi connectivity index (χ1n) is 15.1. The molecule has 10 heteroatoms. The van der Waals surface area contributed by atoms with Crippen molar-refractivity contribution >= 4 is 50.7 Å². The number of amides is 2. The Morgan fingerprint density at radius 1 is 0.804 bits per heavy atom. The zero-order chi connectivity index (χ0) is 33.4. The van der Waals surface area contributed by atoms with E-state index in [1.807, 2.05) is 82.3 Å². The lowest BCUT2D eigenvalue weighted by atomic mass is 10.0. The highest BCUT2D eigenvalue weighted by molar-refractivity contribution is 7.92. The molecule has 0 aromatic heterocycles. The number of rotatable bonds is 13. The number of nitrogens with zero attached hydrogens (tertiary/aromatic N) is 2. The van der Waals surface area contributed by atoms with Crippen LogP contribution in [0.15, 0.2) is 102 Å². The Morgan fingerprint density at radius 3 is 1.93 bits per heavy atom. The van der Waals surface area contributed by atoms with Crippen molar-refractivity contribution in [1.29, 1.82) is 0 Å². The van der Waals surface area contributed by atoms with E-state index in [1.165, 1.54) is 35.2 Å².